The van der Waals surface area contributed by atoms with Crippen molar-refractivity contribution in [2.75, 3.05) is 5.32 Å². The number of aromatic nitrogens is 2. The van der Waals surface area contributed by atoms with E-state index in [0.717, 1.165) is 17.0 Å². The lowest BCUT2D eigenvalue weighted by atomic mass is 10.1. The molecule has 1 atom stereocenters. The minimum atomic E-state index is -1.01. The molecule has 0 spiro atoms. The number of amides is 1. The van der Waals surface area contributed by atoms with Gasteiger partial charge in [-0.25, -0.2) is 9.78 Å². The SMILES string of the molecule is CC(=O)c1ccc(NC(=O)[C@@H](C)OC(=O)c2ccc3c(c2)nc(C)n3-c2ccccc2)cc1. The first-order chi connectivity index (χ1) is 15.8. The number of hydrogen-bond donors (Lipinski definition) is 1. The summed E-state index contributed by atoms with van der Waals surface area (Å²) < 4.78 is 7.38. The van der Waals surface area contributed by atoms with Crippen molar-refractivity contribution < 1.29 is 19.1 Å². The summed E-state index contributed by atoms with van der Waals surface area (Å²) in [6, 6.07) is 21.5. The number of nitrogens with zero attached hydrogens (tertiary/aromatic N) is 2. The van der Waals surface area contributed by atoms with Gasteiger partial charge >= 0.3 is 5.97 Å². The molecule has 0 saturated heterocycles. The molecule has 7 heteroatoms. The van der Waals surface area contributed by atoms with Crippen LogP contribution in [0.3, 0.4) is 0 Å². The molecular weight excluding hydrogens is 418 g/mol. The standard InChI is InChI=1S/C26H23N3O4/c1-16(30)19-9-12-21(13-10-19)28-25(31)17(2)33-26(32)20-11-14-24-23(15-20)27-18(3)29(24)22-7-5-4-6-8-22/h4-15,17H,1-3H3,(H,28,31)/t17-/m1/s1. The fraction of sp³-hybridized carbons (Fsp3) is 0.154. The summed E-state index contributed by atoms with van der Waals surface area (Å²) in [5.74, 6) is -0.344. The molecule has 0 radical (unpaired) electrons. The maximum atomic E-state index is 12.7. The Bertz CT molecular complexity index is 1340. The summed E-state index contributed by atoms with van der Waals surface area (Å²) in [4.78, 5) is 41.0. The number of benzene rings is 3. The summed E-state index contributed by atoms with van der Waals surface area (Å²) in [7, 11) is 0. The number of carbonyl (C=O) groups excluding carboxylic acids is 3. The van der Waals surface area contributed by atoms with Gasteiger partial charge in [0.2, 0.25) is 0 Å². The van der Waals surface area contributed by atoms with Crippen LogP contribution in [0.25, 0.3) is 16.7 Å². The molecule has 4 rings (SSSR count). The van der Waals surface area contributed by atoms with Gasteiger partial charge in [0, 0.05) is 16.9 Å². The Hall–Kier alpha value is -4.26. The second-order valence-corrected chi connectivity index (χ2v) is 7.70. The Balaban J connectivity index is 1.47. The Morgan fingerprint density at radius 3 is 2.27 bits per heavy atom. The lowest BCUT2D eigenvalue weighted by Gasteiger charge is -2.14. The van der Waals surface area contributed by atoms with Crippen LogP contribution in [0.4, 0.5) is 5.69 Å². The number of Topliss-reactive ketones (excluding diaryl/α,β-unsaturated/α-hetero) is 1. The van der Waals surface area contributed by atoms with Crippen molar-refractivity contribution in [2.24, 2.45) is 0 Å². The maximum absolute atomic E-state index is 12.7. The highest BCUT2D eigenvalue weighted by molar-refractivity contribution is 5.99. The van der Waals surface area contributed by atoms with Crippen molar-refractivity contribution in [1.82, 2.24) is 9.55 Å². The zero-order valence-corrected chi connectivity index (χ0v) is 18.5. The fourth-order valence-corrected chi connectivity index (χ4v) is 3.54. The molecule has 4 aromatic rings. The molecule has 1 heterocycles. The Labute approximate surface area is 191 Å². The molecule has 0 fully saturated rings. The first kappa shape index (κ1) is 22.0. The van der Waals surface area contributed by atoms with E-state index in [0.29, 0.717) is 22.3 Å². The number of rotatable bonds is 6. The van der Waals surface area contributed by atoms with Crippen molar-refractivity contribution in [3.05, 3.63) is 89.7 Å². The number of esters is 1. The average Bonchev–Trinajstić information content (AvgIpc) is 3.14. The van der Waals surface area contributed by atoms with E-state index in [1.807, 2.05) is 47.9 Å². The zero-order valence-electron chi connectivity index (χ0n) is 18.5. The highest BCUT2D eigenvalue weighted by atomic mass is 16.5. The molecule has 0 bridgehead atoms. The number of para-hydroxylation sites is 1. The third kappa shape index (κ3) is 4.67. The van der Waals surface area contributed by atoms with Crippen molar-refractivity contribution in [3.8, 4) is 5.69 Å². The first-order valence-corrected chi connectivity index (χ1v) is 10.5. The third-order valence-corrected chi connectivity index (χ3v) is 5.28. The highest BCUT2D eigenvalue weighted by Gasteiger charge is 2.20. The van der Waals surface area contributed by atoms with E-state index < -0.39 is 18.0 Å². The molecule has 0 aliphatic rings. The van der Waals surface area contributed by atoms with Gasteiger partial charge in [-0.3, -0.25) is 14.2 Å². The van der Waals surface area contributed by atoms with Gasteiger partial charge in [0.25, 0.3) is 5.91 Å². The van der Waals surface area contributed by atoms with Crippen LogP contribution in [0.5, 0.6) is 0 Å². The number of anilines is 1. The minimum Gasteiger partial charge on any atom is -0.449 e. The average molecular weight is 441 g/mol. The molecule has 1 N–H and O–H groups in total. The van der Waals surface area contributed by atoms with Crippen LogP contribution in [0.2, 0.25) is 0 Å². The summed E-state index contributed by atoms with van der Waals surface area (Å²) in [5, 5.41) is 2.68. The van der Waals surface area contributed by atoms with Crippen LogP contribution in [-0.2, 0) is 9.53 Å². The van der Waals surface area contributed by atoms with Crippen molar-refractivity contribution in [2.45, 2.75) is 26.9 Å². The highest BCUT2D eigenvalue weighted by Crippen LogP contribution is 2.23. The number of ether oxygens (including phenoxy) is 1. The summed E-state index contributed by atoms with van der Waals surface area (Å²) in [6.07, 6.45) is -1.01. The second kappa shape index (κ2) is 9.08. The van der Waals surface area contributed by atoms with Gasteiger partial charge in [-0.05, 0) is 75.4 Å². The summed E-state index contributed by atoms with van der Waals surface area (Å²) in [5.41, 5.74) is 3.88. The van der Waals surface area contributed by atoms with Crippen LogP contribution in [0.1, 0.15) is 40.4 Å². The Kier molecular flexibility index (Phi) is 6.04. The number of carbonyl (C=O) groups is 3. The molecule has 7 nitrogen and oxygen atoms in total. The molecule has 1 aromatic heterocycles. The molecule has 0 unspecified atom stereocenters. The Morgan fingerprint density at radius 2 is 1.61 bits per heavy atom. The fourth-order valence-electron chi connectivity index (χ4n) is 3.54. The molecule has 0 aliphatic heterocycles. The Morgan fingerprint density at radius 1 is 0.939 bits per heavy atom. The third-order valence-electron chi connectivity index (χ3n) is 5.28. The van der Waals surface area contributed by atoms with Crippen LogP contribution in [0, 0.1) is 6.92 Å². The van der Waals surface area contributed by atoms with E-state index in [4.69, 9.17) is 4.74 Å². The maximum Gasteiger partial charge on any atom is 0.338 e. The van der Waals surface area contributed by atoms with Gasteiger partial charge in [0.15, 0.2) is 11.9 Å². The lowest BCUT2D eigenvalue weighted by Crippen LogP contribution is -2.30. The van der Waals surface area contributed by atoms with Crippen LogP contribution in [-0.4, -0.2) is 33.3 Å². The number of imidazole rings is 1. The number of hydrogen-bond acceptors (Lipinski definition) is 5. The zero-order chi connectivity index (χ0) is 23.5. The monoisotopic (exact) mass is 441 g/mol. The van der Waals surface area contributed by atoms with Gasteiger partial charge in [-0.2, -0.15) is 0 Å². The summed E-state index contributed by atoms with van der Waals surface area (Å²) in [6.45, 7) is 4.88. The van der Waals surface area contributed by atoms with Crippen molar-refractivity contribution in [3.63, 3.8) is 0 Å². The molecule has 3 aromatic carbocycles. The van der Waals surface area contributed by atoms with Crippen LogP contribution < -0.4 is 5.32 Å². The van der Waals surface area contributed by atoms with Gasteiger partial charge in [-0.15, -0.1) is 0 Å². The molecular formula is C26H23N3O4. The molecule has 0 saturated carbocycles. The number of nitrogens with one attached hydrogen (secondary N) is 1. The topological polar surface area (TPSA) is 90.3 Å². The van der Waals surface area contributed by atoms with Crippen LogP contribution >= 0.6 is 0 Å². The molecule has 33 heavy (non-hydrogen) atoms. The van der Waals surface area contributed by atoms with Gasteiger partial charge < -0.3 is 10.1 Å². The van der Waals surface area contributed by atoms with E-state index >= 15 is 0 Å². The van der Waals surface area contributed by atoms with Crippen LogP contribution in [0.15, 0.2) is 72.8 Å². The van der Waals surface area contributed by atoms with Gasteiger partial charge in [-0.1, -0.05) is 18.2 Å². The predicted molar refractivity (Wildman–Crippen MR) is 126 cm³/mol. The van der Waals surface area contributed by atoms with E-state index in [9.17, 15) is 14.4 Å². The summed E-state index contributed by atoms with van der Waals surface area (Å²) >= 11 is 0. The van der Waals surface area contributed by atoms with Gasteiger partial charge in [0.05, 0.1) is 16.6 Å². The molecule has 1 amide bonds. The minimum absolute atomic E-state index is 0.0593. The smallest absolute Gasteiger partial charge is 0.338 e. The normalized spacial score (nSPS) is 11.7. The quantitative estimate of drug-likeness (QED) is 0.345. The number of aryl methyl sites for hydroxylation is 1. The lowest BCUT2D eigenvalue weighted by molar-refractivity contribution is -0.123. The van der Waals surface area contributed by atoms with E-state index in [1.54, 1.807) is 36.4 Å². The van der Waals surface area contributed by atoms with E-state index in [1.165, 1.54) is 13.8 Å². The molecule has 166 valence electrons. The predicted octanol–water partition coefficient (Wildman–Crippen LogP) is 4.72. The van der Waals surface area contributed by atoms with Crippen molar-refractivity contribution >= 4 is 34.4 Å². The van der Waals surface area contributed by atoms with E-state index in [-0.39, 0.29) is 5.78 Å². The molecule has 0 aliphatic carbocycles. The van der Waals surface area contributed by atoms with Crippen molar-refractivity contribution in [1.29, 1.82) is 0 Å². The largest absolute Gasteiger partial charge is 0.449 e. The number of fused-ring (bicyclic) bond motifs is 1. The van der Waals surface area contributed by atoms with E-state index in [2.05, 4.69) is 10.3 Å². The number of ketones is 1. The van der Waals surface area contributed by atoms with Gasteiger partial charge in [0.1, 0.15) is 5.82 Å². The first-order valence-electron chi connectivity index (χ1n) is 10.5. The second-order valence-electron chi connectivity index (χ2n) is 7.70.